The largest absolute Gasteiger partial charge is 0.330 e. The first-order valence-corrected chi connectivity index (χ1v) is 9.19. The molecule has 0 aliphatic rings. The number of nitrogens with zero attached hydrogens (tertiary/aromatic N) is 2. The van der Waals surface area contributed by atoms with Gasteiger partial charge in [0.15, 0.2) is 4.34 Å². The first-order valence-electron chi connectivity index (χ1n) is 7.49. The Kier molecular flexibility index (Phi) is 5.62. The number of halogens is 1. The number of rotatable bonds is 6. The van der Waals surface area contributed by atoms with Crippen molar-refractivity contribution in [2.75, 3.05) is 10.6 Å². The van der Waals surface area contributed by atoms with Crippen LogP contribution in [0.15, 0.2) is 58.9 Å². The summed E-state index contributed by atoms with van der Waals surface area (Å²) in [5.41, 5.74) is 1.09. The summed E-state index contributed by atoms with van der Waals surface area (Å²) in [6, 6.07) is 15.7. The molecule has 1 heterocycles. The molecule has 5 nitrogen and oxygen atoms in total. The highest BCUT2D eigenvalue weighted by Gasteiger charge is 2.18. The fraction of sp³-hybridized carbons (Fsp3) is 0.118. The highest BCUT2D eigenvalue weighted by atomic mass is 32.2. The average Bonchev–Trinajstić information content (AvgIpc) is 3.04. The summed E-state index contributed by atoms with van der Waals surface area (Å²) >= 11 is 2.64. The number of nitrogens with one attached hydrogen (secondary N) is 2. The molecule has 0 bridgehead atoms. The van der Waals surface area contributed by atoms with Gasteiger partial charge in [0.05, 0.1) is 10.9 Å². The molecule has 0 aliphatic carbocycles. The molecule has 1 unspecified atom stereocenters. The number of hydrogen-bond acceptors (Lipinski definition) is 6. The van der Waals surface area contributed by atoms with Gasteiger partial charge >= 0.3 is 0 Å². The Morgan fingerprint density at radius 1 is 1.12 bits per heavy atom. The molecule has 2 N–H and O–H groups in total. The Labute approximate surface area is 152 Å². The molecule has 0 saturated heterocycles. The molecule has 0 spiro atoms. The van der Waals surface area contributed by atoms with Gasteiger partial charge in [-0.3, -0.25) is 4.79 Å². The van der Waals surface area contributed by atoms with E-state index in [1.54, 1.807) is 19.1 Å². The van der Waals surface area contributed by atoms with E-state index in [0.717, 1.165) is 5.69 Å². The lowest BCUT2D eigenvalue weighted by Gasteiger charge is -2.10. The van der Waals surface area contributed by atoms with Crippen molar-refractivity contribution < 1.29 is 9.18 Å². The zero-order chi connectivity index (χ0) is 17.6. The van der Waals surface area contributed by atoms with Crippen LogP contribution in [0.1, 0.15) is 6.92 Å². The number of carbonyl (C=O) groups excluding carboxylic acids is 1. The van der Waals surface area contributed by atoms with E-state index in [-0.39, 0.29) is 11.6 Å². The van der Waals surface area contributed by atoms with E-state index in [1.165, 1.54) is 35.2 Å². The van der Waals surface area contributed by atoms with E-state index < -0.39 is 11.1 Å². The van der Waals surface area contributed by atoms with Crippen molar-refractivity contribution in [3.8, 4) is 0 Å². The Morgan fingerprint density at radius 3 is 2.60 bits per heavy atom. The fourth-order valence-electron chi connectivity index (χ4n) is 1.95. The summed E-state index contributed by atoms with van der Waals surface area (Å²) in [7, 11) is 0. The van der Waals surface area contributed by atoms with Crippen molar-refractivity contribution in [3.63, 3.8) is 0 Å². The standard InChI is InChI=1S/C17H15FN4OS2/c1-11(15(23)20-14-10-6-5-9-13(14)18)24-17-22-21-16(25-17)19-12-7-3-2-4-8-12/h2-11H,1H3,(H,19,21)(H,20,23). The summed E-state index contributed by atoms with van der Waals surface area (Å²) in [6.45, 7) is 1.74. The quantitative estimate of drug-likeness (QED) is 0.620. The third-order valence-electron chi connectivity index (χ3n) is 3.21. The summed E-state index contributed by atoms with van der Waals surface area (Å²) in [6.07, 6.45) is 0. The van der Waals surface area contributed by atoms with E-state index >= 15 is 0 Å². The number of anilines is 3. The zero-order valence-corrected chi connectivity index (χ0v) is 14.9. The van der Waals surface area contributed by atoms with Gasteiger partial charge in [-0.05, 0) is 31.2 Å². The maximum absolute atomic E-state index is 13.6. The van der Waals surface area contributed by atoms with Crippen LogP contribution in [0.3, 0.4) is 0 Å². The van der Waals surface area contributed by atoms with Crippen LogP contribution in [0.25, 0.3) is 0 Å². The Morgan fingerprint density at radius 2 is 1.84 bits per heavy atom. The van der Waals surface area contributed by atoms with Crippen LogP contribution in [0.2, 0.25) is 0 Å². The molecule has 0 saturated carbocycles. The Balaban J connectivity index is 1.58. The van der Waals surface area contributed by atoms with Gasteiger partial charge < -0.3 is 10.6 Å². The molecule has 1 atom stereocenters. The fourth-order valence-corrected chi connectivity index (χ4v) is 3.87. The molecule has 0 radical (unpaired) electrons. The van der Waals surface area contributed by atoms with E-state index in [1.807, 2.05) is 30.3 Å². The summed E-state index contributed by atoms with van der Waals surface area (Å²) in [5, 5.41) is 14.1. The van der Waals surface area contributed by atoms with Crippen LogP contribution in [0, 0.1) is 5.82 Å². The molecular weight excluding hydrogens is 359 g/mol. The lowest BCUT2D eigenvalue weighted by Crippen LogP contribution is -2.22. The van der Waals surface area contributed by atoms with Crippen molar-refractivity contribution in [3.05, 3.63) is 60.4 Å². The highest BCUT2D eigenvalue weighted by molar-refractivity contribution is 8.02. The molecule has 25 heavy (non-hydrogen) atoms. The number of thioether (sulfide) groups is 1. The third-order valence-corrected chi connectivity index (χ3v) is 5.23. The topological polar surface area (TPSA) is 66.9 Å². The second kappa shape index (κ2) is 8.09. The van der Waals surface area contributed by atoms with E-state index in [2.05, 4.69) is 20.8 Å². The molecule has 128 valence electrons. The average molecular weight is 374 g/mol. The Bertz CT molecular complexity index is 857. The van der Waals surface area contributed by atoms with Gasteiger partial charge in [0.2, 0.25) is 11.0 Å². The van der Waals surface area contributed by atoms with E-state index in [4.69, 9.17) is 0 Å². The van der Waals surface area contributed by atoms with Crippen LogP contribution >= 0.6 is 23.1 Å². The van der Waals surface area contributed by atoms with Crippen LogP contribution < -0.4 is 10.6 Å². The van der Waals surface area contributed by atoms with Gasteiger partial charge in [-0.2, -0.15) is 0 Å². The van der Waals surface area contributed by atoms with Crippen LogP contribution in [0.5, 0.6) is 0 Å². The minimum atomic E-state index is -0.460. The summed E-state index contributed by atoms with van der Waals surface area (Å²) in [4.78, 5) is 12.2. The van der Waals surface area contributed by atoms with Crippen molar-refractivity contribution in [2.24, 2.45) is 0 Å². The smallest absolute Gasteiger partial charge is 0.237 e. The molecule has 2 aromatic carbocycles. The second-order valence-electron chi connectivity index (χ2n) is 5.09. The van der Waals surface area contributed by atoms with Gasteiger partial charge in [-0.25, -0.2) is 4.39 Å². The van der Waals surface area contributed by atoms with Crippen molar-refractivity contribution in [1.29, 1.82) is 0 Å². The Hall–Kier alpha value is -2.45. The molecule has 0 fully saturated rings. The highest BCUT2D eigenvalue weighted by Crippen LogP contribution is 2.30. The van der Waals surface area contributed by atoms with Gasteiger partial charge in [-0.1, -0.05) is 53.4 Å². The minimum Gasteiger partial charge on any atom is -0.330 e. The molecule has 0 aliphatic heterocycles. The summed E-state index contributed by atoms with van der Waals surface area (Å²) in [5.74, 6) is -0.749. The van der Waals surface area contributed by atoms with Crippen molar-refractivity contribution >= 4 is 45.5 Å². The van der Waals surface area contributed by atoms with E-state index in [9.17, 15) is 9.18 Å². The van der Waals surface area contributed by atoms with Crippen molar-refractivity contribution in [1.82, 2.24) is 10.2 Å². The molecule has 1 amide bonds. The first-order chi connectivity index (χ1) is 12.1. The molecular formula is C17H15FN4OS2. The predicted octanol–water partition coefficient (Wildman–Crippen LogP) is 4.54. The number of aromatic nitrogens is 2. The third kappa shape index (κ3) is 4.77. The maximum Gasteiger partial charge on any atom is 0.237 e. The number of amides is 1. The summed E-state index contributed by atoms with van der Waals surface area (Å²) < 4.78 is 14.3. The van der Waals surface area contributed by atoms with Gasteiger partial charge in [0.25, 0.3) is 0 Å². The monoisotopic (exact) mass is 374 g/mol. The first kappa shape index (κ1) is 17.4. The maximum atomic E-state index is 13.6. The van der Waals surface area contributed by atoms with Gasteiger partial charge in [0, 0.05) is 5.69 Å². The molecule has 1 aromatic heterocycles. The lowest BCUT2D eigenvalue weighted by atomic mass is 10.3. The number of para-hydroxylation sites is 2. The molecule has 8 heteroatoms. The van der Waals surface area contributed by atoms with Gasteiger partial charge in [-0.15, -0.1) is 10.2 Å². The predicted molar refractivity (Wildman–Crippen MR) is 100.0 cm³/mol. The normalized spacial score (nSPS) is 11.8. The molecule has 3 rings (SSSR count). The van der Waals surface area contributed by atoms with Gasteiger partial charge in [0.1, 0.15) is 5.82 Å². The zero-order valence-electron chi connectivity index (χ0n) is 13.3. The minimum absolute atomic E-state index is 0.170. The number of hydrogen-bond donors (Lipinski definition) is 2. The number of benzene rings is 2. The van der Waals surface area contributed by atoms with Crippen LogP contribution in [0.4, 0.5) is 20.9 Å². The lowest BCUT2D eigenvalue weighted by molar-refractivity contribution is -0.115. The second-order valence-corrected chi connectivity index (χ2v) is 7.66. The van der Waals surface area contributed by atoms with Crippen molar-refractivity contribution in [2.45, 2.75) is 16.5 Å². The van der Waals surface area contributed by atoms with Crippen LogP contribution in [-0.4, -0.2) is 21.4 Å². The number of carbonyl (C=O) groups is 1. The SMILES string of the molecule is CC(Sc1nnc(Nc2ccccc2)s1)C(=O)Nc1ccccc1F. The van der Waals surface area contributed by atoms with E-state index in [0.29, 0.717) is 9.47 Å². The van der Waals surface area contributed by atoms with Crippen LogP contribution in [-0.2, 0) is 4.79 Å². The molecule has 3 aromatic rings.